The topological polar surface area (TPSA) is 82.0 Å². The summed E-state index contributed by atoms with van der Waals surface area (Å²) in [5.41, 5.74) is 4.09. The summed E-state index contributed by atoms with van der Waals surface area (Å²) in [7, 11) is 0. The molecule has 0 radical (unpaired) electrons. The second-order valence-corrected chi connectivity index (χ2v) is 10.8. The van der Waals surface area contributed by atoms with E-state index in [0.29, 0.717) is 23.9 Å². The highest BCUT2D eigenvalue weighted by atomic mass is 19.4. The smallest absolute Gasteiger partial charge is 0.490 e. The van der Waals surface area contributed by atoms with Gasteiger partial charge in [-0.2, -0.15) is 13.2 Å². The van der Waals surface area contributed by atoms with E-state index in [9.17, 15) is 18.3 Å². The van der Waals surface area contributed by atoms with Crippen LogP contribution >= 0.6 is 0 Å². The highest BCUT2D eigenvalue weighted by Crippen LogP contribution is 2.39. The molecule has 39 heavy (non-hydrogen) atoms. The van der Waals surface area contributed by atoms with Crippen LogP contribution in [-0.2, 0) is 17.6 Å². The maximum Gasteiger partial charge on any atom is 0.490 e. The average molecular weight is 549 g/mol. The van der Waals surface area contributed by atoms with Gasteiger partial charge in [-0.05, 0) is 92.4 Å². The Labute approximate surface area is 228 Å². The van der Waals surface area contributed by atoms with Gasteiger partial charge in [-0.15, -0.1) is 0 Å². The molecule has 2 unspecified atom stereocenters. The van der Waals surface area contributed by atoms with E-state index in [-0.39, 0.29) is 0 Å². The van der Waals surface area contributed by atoms with Crippen LogP contribution in [0.4, 0.5) is 13.2 Å². The molecule has 3 N–H and O–H groups in total. The lowest BCUT2D eigenvalue weighted by Crippen LogP contribution is -2.42. The lowest BCUT2D eigenvalue weighted by molar-refractivity contribution is -0.192. The molecular formula is C30H39F3N2O4. The number of aromatic hydroxyl groups is 1. The third-order valence-corrected chi connectivity index (χ3v) is 8.06. The summed E-state index contributed by atoms with van der Waals surface area (Å²) in [5, 5.41) is 20.7. The van der Waals surface area contributed by atoms with Crippen molar-refractivity contribution >= 4 is 5.97 Å². The Hall–Kier alpha value is -2.78. The summed E-state index contributed by atoms with van der Waals surface area (Å²) in [5.74, 6) is -1.39. The summed E-state index contributed by atoms with van der Waals surface area (Å²) in [4.78, 5) is 11.7. The lowest BCUT2D eigenvalue weighted by Gasteiger charge is -2.41. The fourth-order valence-corrected chi connectivity index (χ4v) is 6.05. The van der Waals surface area contributed by atoms with E-state index in [4.69, 9.17) is 14.6 Å². The first kappa shape index (κ1) is 29.2. The van der Waals surface area contributed by atoms with Crippen LogP contribution in [0.25, 0.3) is 0 Å². The van der Waals surface area contributed by atoms with Crippen LogP contribution < -0.4 is 10.1 Å². The molecule has 2 aromatic carbocycles. The highest BCUT2D eigenvalue weighted by Gasteiger charge is 2.38. The van der Waals surface area contributed by atoms with Crippen molar-refractivity contribution in [1.82, 2.24) is 10.2 Å². The Balaban J connectivity index is 0.000000448. The van der Waals surface area contributed by atoms with Crippen LogP contribution in [0.15, 0.2) is 42.5 Å². The Morgan fingerprint density at radius 2 is 1.72 bits per heavy atom. The van der Waals surface area contributed by atoms with Gasteiger partial charge in [0.25, 0.3) is 0 Å². The summed E-state index contributed by atoms with van der Waals surface area (Å²) < 4.78 is 37.8. The molecular weight excluding hydrogens is 509 g/mol. The number of alkyl halides is 3. The number of carboxylic acid groups (broad SMARTS) is 1. The van der Waals surface area contributed by atoms with Gasteiger partial charge in [0.2, 0.25) is 0 Å². The molecule has 2 heterocycles. The normalized spacial score (nSPS) is 22.0. The van der Waals surface area contributed by atoms with Crippen molar-refractivity contribution in [3.63, 3.8) is 0 Å². The van der Waals surface area contributed by atoms with Gasteiger partial charge in [0, 0.05) is 24.7 Å². The quantitative estimate of drug-likeness (QED) is 0.393. The maximum atomic E-state index is 10.6. The van der Waals surface area contributed by atoms with Crippen LogP contribution in [-0.4, -0.2) is 59.0 Å². The second-order valence-electron chi connectivity index (χ2n) is 10.8. The van der Waals surface area contributed by atoms with Gasteiger partial charge >= 0.3 is 12.1 Å². The Bertz CT molecular complexity index is 1060. The molecule has 214 valence electrons. The van der Waals surface area contributed by atoms with Crippen LogP contribution in [0.2, 0.25) is 0 Å². The number of phenols is 1. The zero-order valence-electron chi connectivity index (χ0n) is 22.3. The molecule has 0 spiro atoms. The number of hydrogen-bond donors (Lipinski definition) is 3. The zero-order chi connectivity index (χ0) is 27.8. The van der Waals surface area contributed by atoms with Crippen LogP contribution in [0, 0.1) is 0 Å². The van der Waals surface area contributed by atoms with Crippen molar-refractivity contribution in [1.29, 1.82) is 0 Å². The summed E-state index contributed by atoms with van der Waals surface area (Å²) in [6.07, 6.45) is 7.36. The minimum absolute atomic E-state index is 0.391. The molecule has 0 amide bonds. The number of carbonyl (C=O) groups is 1. The first-order valence-corrected chi connectivity index (χ1v) is 14.0. The van der Waals surface area contributed by atoms with E-state index in [0.717, 1.165) is 44.7 Å². The van der Waals surface area contributed by atoms with Crippen molar-refractivity contribution in [3.8, 4) is 11.5 Å². The first-order valence-electron chi connectivity index (χ1n) is 14.0. The Morgan fingerprint density at radius 1 is 1.03 bits per heavy atom. The maximum absolute atomic E-state index is 10.6. The number of aliphatic carboxylic acids is 1. The van der Waals surface area contributed by atoms with E-state index in [1.54, 1.807) is 0 Å². The predicted molar refractivity (Wildman–Crippen MR) is 143 cm³/mol. The minimum Gasteiger partial charge on any atom is -0.508 e. The SMILES string of the molecule is O=C(O)C(F)(F)F.Oc1ccc2c(c1)CCN(C1CCCC1)C2Cc1ccc(OCCC2CCCCN2)cc1. The van der Waals surface area contributed by atoms with Gasteiger partial charge in [0.05, 0.1) is 6.61 Å². The summed E-state index contributed by atoms with van der Waals surface area (Å²) in [6.45, 7) is 3.04. The summed E-state index contributed by atoms with van der Waals surface area (Å²) in [6, 6.07) is 16.5. The Kier molecular flexibility index (Phi) is 10.1. The number of benzene rings is 2. The van der Waals surface area contributed by atoms with Crippen LogP contribution in [0.1, 0.15) is 74.1 Å². The number of carboxylic acids is 1. The van der Waals surface area contributed by atoms with Crippen LogP contribution in [0.5, 0.6) is 11.5 Å². The van der Waals surface area contributed by atoms with Crippen molar-refractivity contribution in [2.75, 3.05) is 19.7 Å². The molecule has 5 rings (SSSR count). The summed E-state index contributed by atoms with van der Waals surface area (Å²) >= 11 is 0. The number of halogens is 3. The van der Waals surface area contributed by atoms with E-state index >= 15 is 0 Å². The number of fused-ring (bicyclic) bond motifs is 1. The van der Waals surface area contributed by atoms with Crippen LogP contribution in [0.3, 0.4) is 0 Å². The molecule has 1 saturated heterocycles. The number of rotatable bonds is 7. The number of hydrogen-bond acceptors (Lipinski definition) is 5. The monoisotopic (exact) mass is 548 g/mol. The van der Waals surface area contributed by atoms with Gasteiger partial charge in [-0.25, -0.2) is 4.79 Å². The number of nitrogens with zero attached hydrogens (tertiary/aromatic N) is 1. The van der Waals surface area contributed by atoms with Crippen molar-refractivity contribution in [3.05, 3.63) is 59.2 Å². The van der Waals surface area contributed by atoms with Crippen molar-refractivity contribution < 1.29 is 32.9 Å². The molecule has 6 nitrogen and oxygen atoms in total. The van der Waals surface area contributed by atoms with Crippen molar-refractivity contribution in [2.24, 2.45) is 0 Å². The standard InChI is InChI=1S/C28H38N2O2.C2HF3O2/c31-25-10-13-27-22(20-25)14-17-30(24-6-1-2-7-24)28(27)19-21-8-11-26(12-9-21)32-18-15-23-5-3-4-16-29-23;3-2(4,5)1(6)7/h8-13,20,23-24,28-29,31H,1-7,14-19H2;(H,6,7). The average Bonchev–Trinajstić information content (AvgIpc) is 3.45. The fourth-order valence-electron chi connectivity index (χ4n) is 6.05. The molecule has 3 aliphatic rings. The van der Waals surface area contributed by atoms with Crippen molar-refractivity contribution in [2.45, 2.75) is 88.5 Å². The highest BCUT2D eigenvalue weighted by molar-refractivity contribution is 5.73. The van der Waals surface area contributed by atoms with E-state index in [1.165, 1.54) is 61.6 Å². The first-order chi connectivity index (χ1) is 18.7. The minimum atomic E-state index is -5.08. The number of ether oxygens (including phenoxy) is 1. The fraction of sp³-hybridized carbons (Fsp3) is 0.567. The van der Waals surface area contributed by atoms with E-state index < -0.39 is 12.1 Å². The molecule has 1 aliphatic carbocycles. The molecule has 2 aromatic rings. The number of nitrogens with one attached hydrogen (secondary N) is 1. The van der Waals surface area contributed by atoms with Gasteiger partial charge in [0.15, 0.2) is 0 Å². The molecule has 2 fully saturated rings. The zero-order valence-corrected chi connectivity index (χ0v) is 22.3. The second kappa shape index (κ2) is 13.5. The third kappa shape index (κ3) is 8.35. The van der Waals surface area contributed by atoms with Gasteiger partial charge in [0.1, 0.15) is 11.5 Å². The number of phenolic OH excluding ortho intramolecular Hbond substituents is 1. The Morgan fingerprint density at radius 3 is 2.36 bits per heavy atom. The third-order valence-electron chi connectivity index (χ3n) is 8.06. The molecule has 0 bridgehead atoms. The largest absolute Gasteiger partial charge is 0.508 e. The molecule has 2 atom stereocenters. The lowest BCUT2D eigenvalue weighted by atomic mass is 9.87. The molecule has 9 heteroatoms. The molecule has 2 aliphatic heterocycles. The van der Waals surface area contributed by atoms with Gasteiger partial charge in [-0.1, -0.05) is 37.5 Å². The van der Waals surface area contributed by atoms with Gasteiger partial charge in [-0.3, -0.25) is 4.90 Å². The predicted octanol–water partition coefficient (Wildman–Crippen LogP) is 6.02. The molecule has 0 aromatic heterocycles. The van der Waals surface area contributed by atoms with Gasteiger partial charge < -0.3 is 20.3 Å². The van der Waals surface area contributed by atoms with E-state index in [1.807, 2.05) is 12.1 Å². The van der Waals surface area contributed by atoms with E-state index in [2.05, 4.69) is 40.5 Å². The molecule has 1 saturated carbocycles. The number of piperidine rings is 1.